The number of para-hydroxylation sites is 2. The summed E-state index contributed by atoms with van der Waals surface area (Å²) in [6.45, 7) is 3.03. The standard InChI is InChI=1S/C20H25N5O2/c26-19(15-13-21-20(22-14-15)23-16-5-1-2-6-16)24-17-7-3-4-8-18(17)25-9-11-27-12-10-25/h3-4,7-8,13-14,16H,1-2,5-6,9-12H2,(H,24,26)(H,21,22,23). The van der Waals surface area contributed by atoms with Crippen LogP contribution in [0.1, 0.15) is 36.0 Å². The molecule has 2 aliphatic rings. The maximum atomic E-state index is 12.7. The van der Waals surface area contributed by atoms with E-state index in [2.05, 4.69) is 25.5 Å². The number of carbonyl (C=O) groups is 1. The lowest BCUT2D eigenvalue weighted by Gasteiger charge is -2.30. The number of rotatable bonds is 5. The van der Waals surface area contributed by atoms with Crippen LogP contribution in [0.3, 0.4) is 0 Å². The van der Waals surface area contributed by atoms with E-state index < -0.39 is 0 Å². The van der Waals surface area contributed by atoms with E-state index in [0.29, 0.717) is 30.8 Å². The van der Waals surface area contributed by atoms with Crippen molar-refractivity contribution in [2.45, 2.75) is 31.7 Å². The molecule has 0 radical (unpaired) electrons. The van der Waals surface area contributed by atoms with Crippen molar-refractivity contribution in [2.24, 2.45) is 0 Å². The van der Waals surface area contributed by atoms with Crippen LogP contribution < -0.4 is 15.5 Å². The van der Waals surface area contributed by atoms with E-state index in [9.17, 15) is 4.79 Å². The third kappa shape index (κ3) is 4.36. The lowest BCUT2D eigenvalue weighted by molar-refractivity contribution is 0.102. The lowest BCUT2D eigenvalue weighted by atomic mass is 10.2. The van der Waals surface area contributed by atoms with Crippen LogP contribution in [-0.4, -0.2) is 48.2 Å². The highest BCUT2D eigenvalue weighted by Crippen LogP contribution is 2.27. The molecule has 0 atom stereocenters. The van der Waals surface area contributed by atoms with Crippen molar-refractivity contribution in [3.05, 3.63) is 42.2 Å². The molecule has 0 bridgehead atoms. The maximum absolute atomic E-state index is 12.7. The molecule has 27 heavy (non-hydrogen) atoms. The molecule has 4 rings (SSSR count). The van der Waals surface area contributed by atoms with E-state index in [-0.39, 0.29) is 5.91 Å². The molecular weight excluding hydrogens is 342 g/mol. The fraction of sp³-hybridized carbons (Fsp3) is 0.450. The van der Waals surface area contributed by atoms with Gasteiger partial charge >= 0.3 is 0 Å². The minimum absolute atomic E-state index is 0.205. The first-order valence-corrected chi connectivity index (χ1v) is 9.61. The van der Waals surface area contributed by atoms with E-state index >= 15 is 0 Å². The third-order valence-corrected chi connectivity index (χ3v) is 5.11. The molecule has 2 fully saturated rings. The zero-order valence-corrected chi connectivity index (χ0v) is 15.4. The van der Waals surface area contributed by atoms with E-state index in [1.807, 2.05) is 24.3 Å². The molecule has 142 valence electrons. The highest BCUT2D eigenvalue weighted by atomic mass is 16.5. The predicted molar refractivity (Wildman–Crippen MR) is 105 cm³/mol. The van der Waals surface area contributed by atoms with Gasteiger partial charge in [0.15, 0.2) is 0 Å². The van der Waals surface area contributed by atoms with Gasteiger partial charge in [-0.05, 0) is 25.0 Å². The van der Waals surface area contributed by atoms with Crippen LogP contribution in [-0.2, 0) is 4.74 Å². The smallest absolute Gasteiger partial charge is 0.258 e. The molecule has 1 saturated carbocycles. The number of aromatic nitrogens is 2. The van der Waals surface area contributed by atoms with Gasteiger partial charge in [-0.2, -0.15) is 0 Å². The third-order valence-electron chi connectivity index (χ3n) is 5.11. The van der Waals surface area contributed by atoms with Crippen molar-refractivity contribution in [1.29, 1.82) is 0 Å². The van der Waals surface area contributed by atoms with Crippen molar-refractivity contribution >= 4 is 23.2 Å². The van der Waals surface area contributed by atoms with Gasteiger partial charge in [0.1, 0.15) is 0 Å². The highest BCUT2D eigenvalue weighted by Gasteiger charge is 2.18. The van der Waals surface area contributed by atoms with Crippen molar-refractivity contribution in [3.8, 4) is 0 Å². The van der Waals surface area contributed by atoms with Crippen molar-refractivity contribution in [1.82, 2.24) is 9.97 Å². The highest BCUT2D eigenvalue weighted by molar-refractivity contribution is 6.05. The summed E-state index contributed by atoms with van der Waals surface area (Å²) < 4.78 is 5.42. The molecule has 7 nitrogen and oxygen atoms in total. The van der Waals surface area contributed by atoms with Crippen LogP contribution in [0.2, 0.25) is 0 Å². The zero-order chi connectivity index (χ0) is 18.5. The van der Waals surface area contributed by atoms with E-state index in [0.717, 1.165) is 37.3 Å². The summed E-state index contributed by atoms with van der Waals surface area (Å²) >= 11 is 0. The monoisotopic (exact) mass is 367 g/mol. The Morgan fingerprint density at radius 2 is 1.78 bits per heavy atom. The lowest BCUT2D eigenvalue weighted by Crippen LogP contribution is -2.36. The van der Waals surface area contributed by atoms with Gasteiger partial charge in [-0.15, -0.1) is 0 Å². The van der Waals surface area contributed by atoms with E-state index in [1.54, 1.807) is 12.4 Å². The first-order valence-electron chi connectivity index (χ1n) is 9.61. The molecule has 1 aromatic heterocycles. The van der Waals surface area contributed by atoms with E-state index in [4.69, 9.17) is 4.74 Å². The van der Waals surface area contributed by atoms with Crippen LogP contribution in [0.25, 0.3) is 0 Å². The molecule has 1 aliphatic carbocycles. The molecule has 7 heteroatoms. The Morgan fingerprint density at radius 1 is 1.07 bits per heavy atom. The Morgan fingerprint density at radius 3 is 2.52 bits per heavy atom. The second-order valence-corrected chi connectivity index (χ2v) is 6.99. The molecule has 1 aromatic carbocycles. The van der Waals surface area contributed by atoms with Crippen LogP contribution in [0.4, 0.5) is 17.3 Å². The Bertz CT molecular complexity index is 768. The number of anilines is 3. The number of carbonyl (C=O) groups excluding carboxylic acids is 1. The molecule has 2 aromatic rings. The van der Waals surface area contributed by atoms with Gasteiger partial charge in [0.05, 0.1) is 30.2 Å². The van der Waals surface area contributed by atoms with Crippen LogP contribution in [0.15, 0.2) is 36.7 Å². The van der Waals surface area contributed by atoms with Gasteiger partial charge < -0.3 is 20.3 Å². The van der Waals surface area contributed by atoms with Crippen molar-refractivity contribution < 1.29 is 9.53 Å². The Kier molecular flexibility index (Phi) is 5.48. The van der Waals surface area contributed by atoms with Crippen molar-refractivity contribution in [2.75, 3.05) is 41.8 Å². The van der Waals surface area contributed by atoms with Gasteiger partial charge in [-0.3, -0.25) is 4.79 Å². The van der Waals surface area contributed by atoms with Crippen LogP contribution in [0.5, 0.6) is 0 Å². The summed E-state index contributed by atoms with van der Waals surface area (Å²) in [6.07, 6.45) is 7.98. The summed E-state index contributed by atoms with van der Waals surface area (Å²) in [5.74, 6) is 0.385. The van der Waals surface area contributed by atoms with E-state index in [1.165, 1.54) is 12.8 Å². The Balaban J connectivity index is 1.43. The van der Waals surface area contributed by atoms with Gasteiger partial charge in [0.2, 0.25) is 5.95 Å². The van der Waals surface area contributed by atoms with Crippen LogP contribution >= 0.6 is 0 Å². The topological polar surface area (TPSA) is 79.4 Å². The predicted octanol–water partition coefficient (Wildman–Crippen LogP) is 2.92. The number of ether oxygens (including phenoxy) is 1. The average Bonchev–Trinajstić information content (AvgIpc) is 3.23. The maximum Gasteiger partial charge on any atom is 0.258 e. The van der Waals surface area contributed by atoms with Gasteiger partial charge in [0, 0.05) is 31.5 Å². The first-order chi connectivity index (χ1) is 13.3. The molecule has 1 saturated heterocycles. The van der Waals surface area contributed by atoms with Gasteiger partial charge in [0.25, 0.3) is 5.91 Å². The number of hydrogen-bond donors (Lipinski definition) is 2. The Labute approximate surface area is 159 Å². The summed E-state index contributed by atoms with van der Waals surface area (Å²) in [7, 11) is 0. The molecule has 1 amide bonds. The SMILES string of the molecule is O=C(Nc1ccccc1N1CCOCC1)c1cnc(NC2CCCC2)nc1. The Hall–Kier alpha value is -2.67. The van der Waals surface area contributed by atoms with Crippen LogP contribution in [0, 0.1) is 0 Å². The molecule has 0 spiro atoms. The average molecular weight is 367 g/mol. The van der Waals surface area contributed by atoms with Crippen molar-refractivity contribution in [3.63, 3.8) is 0 Å². The fourth-order valence-electron chi connectivity index (χ4n) is 3.63. The molecule has 2 N–H and O–H groups in total. The summed E-state index contributed by atoms with van der Waals surface area (Å²) in [6, 6.07) is 8.29. The van der Waals surface area contributed by atoms with Gasteiger partial charge in [-0.1, -0.05) is 25.0 Å². The summed E-state index contributed by atoms with van der Waals surface area (Å²) in [5.41, 5.74) is 2.25. The fourth-order valence-corrected chi connectivity index (χ4v) is 3.63. The molecule has 0 unspecified atom stereocenters. The quantitative estimate of drug-likeness (QED) is 0.846. The minimum atomic E-state index is -0.205. The number of amides is 1. The number of nitrogens with zero attached hydrogens (tertiary/aromatic N) is 3. The first kappa shape index (κ1) is 17.7. The molecule has 2 heterocycles. The minimum Gasteiger partial charge on any atom is -0.378 e. The zero-order valence-electron chi connectivity index (χ0n) is 15.4. The second-order valence-electron chi connectivity index (χ2n) is 6.99. The summed E-state index contributed by atoms with van der Waals surface area (Å²) in [5, 5.41) is 6.33. The number of hydrogen-bond acceptors (Lipinski definition) is 6. The second kappa shape index (κ2) is 8.35. The molecular formula is C20H25N5O2. The molecule has 1 aliphatic heterocycles. The van der Waals surface area contributed by atoms with Gasteiger partial charge in [-0.25, -0.2) is 9.97 Å². The number of morpholine rings is 1. The number of nitrogens with one attached hydrogen (secondary N) is 2. The number of benzene rings is 1. The summed E-state index contributed by atoms with van der Waals surface area (Å²) in [4.78, 5) is 23.5. The largest absolute Gasteiger partial charge is 0.378 e. The normalized spacial score (nSPS) is 17.7.